The molecule has 23 heavy (non-hydrogen) atoms. The number of unbranched alkanes of at least 4 members (excludes halogenated alkanes) is 1. The number of nitrogens with one attached hydrogen (secondary N) is 2. The van der Waals surface area contributed by atoms with Gasteiger partial charge in [0.15, 0.2) is 0 Å². The zero-order valence-electron chi connectivity index (χ0n) is 14.3. The molecule has 1 atom stereocenters. The van der Waals surface area contributed by atoms with Crippen LogP contribution in [-0.2, 0) is 16.1 Å². The Labute approximate surface area is 139 Å². The third-order valence-corrected chi connectivity index (χ3v) is 3.90. The molecule has 0 spiro atoms. The van der Waals surface area contributed by atoms with Crippen LogP contribution in [0.15, 0.2) is 24.4 Å². The normalized spacial score (nSPS) is 11.7. The fraction of sp³-hybridized carbons (Fsp3) is 0.611. The van der Waals surface area contributed by atoms with Crippen LogP contribution in [0.3, 0.4) is 0 Å². The van der Waals surface area contributed by atoms with Crippen molar-refractivity contribution in [1.82, 2.24) is 15.6 Å². The first-order valence-electron chi connectivity index (χ1n) is 8.59. The summed E-state index contributed by atoms with van der Waals surface area (Å²) in [7, 11) is 0. The first kappa shape index (κ1) is 19.1. The SMILES string of the molecule is CCCCC(CC)CNC(=O)CCC(=O)NCc1ccccn1. The summed E-state index contributed by atoms with van der Waals surface area (Å²) in [6.45, 7) is 5.44. The average Bonchev–Trinajstić information content (AvgIpc) is 2.59. The number of aromatic nitrogens is 1. The lowest BCUT2D eigenvalue weighted by atomic mass is 9.99. The smallest absolute Gasteiger partial charge is 0.220 e. The second-order valence-corrected chi connectivity index (χ2v) is 5.82. The van der Waals surface area contributed by atoms with Crippen molar-refractivity contribution < 1.29 is 9.59 Å². The fourth-order valence-electron chi connectivity index (χ4n) is 2.30. The highest BCUT2D eigenvalue weighted by Crippen LogP contribution is 2.11. The molecule has 0 saturated carbocycles. The summed E-state index contributed by atoms with van der Waals surface area (Å²) < 4.78 is 0. The van der Waals surface area contributed by atoms with E-state index in [1.807, 2.05) is 18.2 Å². The number of amides is 2. The molecule has 5 nitrogen and oxygen atoms in total. The average molecular weight is 319 g/mol. The Hall–Kier alpha value is -1.91. The van der Waals surface area contributed by atoms with Gasteiger partial charge in [-0.15, -0.1) is 0 Å². The predicted molar refractivity (Wildman–Crippen MR) is 91.6 cm³/mol. The molecular weight excluding hydrogens is 290 g/mol. The third kappa shape index (κ3) is 8.96. The minimum atomic E-state index is -0.121. The second-order valence-electron chi connectivity index (χ2n) is 5.82. The lowest BCUT2D eigenvalue weighted by molar-refractivity contribution is -0.126. The highest BCUT2D eigenvalue weighted by molar-refractivity contribution is 5.83. The van der Waals surface area contributed by atoms with Gasteiger partial charge in [-0.1, -0.05) is 39.2 Å². The summed E-state index contributed by atoms with van der Waals surface area (Å²) >= 11 is 0. The zero-order valence-corrected chi connectivity index (χ0v) is 14.3. The van der Waals surface area contributed by atoms with Gasteiger partial charge in [-0.3, -0.25) is 14.6 Å². The van der Waals surface area contributed by atoms with Crippen molar-refractivity contribution >= 4 is 11.8 Å². The van der Waals surface area contributed by atoms with Crippen LogP contribution in [0.5, 0.6) is 0 Å². The number of carbonyl (C=O) groups excluding carboxylic acids is 2. The van der Waals surface area contributed by atoms with Crippen molar-refractivity contribution in [2.24, 2.45) is 5.92 Å². The Balaban J connectivity index is 2.15. The largest absolute Gasteiger partial charge is 0.356 e. The van der Waals surface area contributed by atoms with Crippen LogP contribution in [0.25, 0.3) is 0 Å². The monoisotopic (exact) mass is 319 g/mol. The van der Waals surface area contributed by atoms with Crippen LogP contribution in [0.4, 0.5) is 0 Å². The third-order valence-electron chi connectivity index (χ3n) is 3.90. The molecule has 0 aliphatic heterocycles. The summed E-state index contributed by atoms with van der Waals surface area (Å²) in [5.41, 5.74) is 0.812. The van der Waals surface area contributed by atoms with E-state index < -0.39 is 0 Å². The van der Waals surface area contributed by atoms with Crippen molar-refractivity contribution in [1.29, 1.82) is 0 Å². The number of rotatable bonds is 11. The maximum atomic E-state index is 11.8. The van der Waals surface area contributed by atoms with E-state index in [-0.39, 0.29) is 24.7 Å². The molecule has 2 N–H and O–H groups in total. The maximum absolute atomic E-state index is 11.8. The van der Waals surface area contributed by atoms with Gasteiger partial charge in [0.2, 0.25) is 11.8 Å². The Morgan fingerprint density at radius 3 is 2.48 bits per heavy atom. The van der Waals surface area contributed by atoms with E-state index in [0.29, 0.717) is 19.0 Å². The Morgan fingerprint density at radius 2 is 1.87 bits per heavy atom. The molecule has 1 rings (SSSR count). The lowest BCUT2D eigenvalue weighted by Crippen LogP contribution is -2.31. The minimum Gasteiger partial charge on any atom is -0.356 e. The van der Waals surface area contributed by atoms with Crippen molar-refractivity contribution in [2.45, 2.75) is 58.9 Å². The molecule has 128 valence electrons. The van der Waals surface area contributed by atoms with E-state index in [9.17, 15) is 9.59 Å². The molecule has 5 heteroatoms. The van der Waals surface area contributed by atoms with Crippen molar-refractivity contribution in [3.05, 3.63) is 30.1 Å². The summed E-state index contributed by atoms with van der Waals surface area (Å²) in [6.07, 6.45) is 6.74. The zero-order chi connectivity index (χ0) is 16.9. The van der Waals surface area contributed by atoms with Crippen molar-refractivity contribution in [3.8, 4) is 0 Å². The first-order chi connectivity index (χ1) is 11.2. The van der Waals surface area contributed by atoms with Gasteiger partial charge in [-0.2, -0.15) is 0 Å². The van der Waals surface area contributed by atoms with Gasteiger partial charge in [-0.05, 0) is 24.5 Å². The van der Waals surface area contributed by atoms with Crippen molar-refractivity contribution in [3.63, 3.8) is 0 Å². The van der Waals surface area contributed by atoms with Crippen LogP contribution >= 0.6 is 0 Å². The van der Waals surface area contributed by atoms with Gasteiger partial charge in [-0.25, -0.2) is 0 Å². The Morgan fingerprint density at radius 1 is 1.13 bits per heavy atom. The van der Waals surface area contributed by atoms with Gasteiger partial charge in [0.05, 0.1) is 12.2 Å². The quantitative estimate of drug-likeness (QED) is 0.659. The van der Waals surface area contributed by atoms with Crippen LogP contribution in [0, 0.1) is 5.92 Å². The maximum Gasteiger partial charge on any atom is 0.220 e. The molecule has 1 unspecified atom stereocenters. The number of hydrogen-bond donors (Lipinski definition) is 2. The molecule has 1 heterocycles. The first-order valence-corrected chi connectivity index (χ1v) is 8.59. The van der Waals surface area contributed by atoms with Gasteiger partial charge >= 0.3 is 0 Å². The number of pyridine rings is 1. The van der Waals surface area contributed by atoms with Crippen LogP contribution in [-0.4, -0.2) is 23.3 Å². The van der Waals surface area contributed by atoms with Gasteiger partial charge in [0.25, 0.3) is 0 Å². The lowest BCUT2D eigenvalue weighted by Gasteiger charge is -2.15. The predicted octanol–water partition coefficient (Wildman–Crippen LogP) is 2.81. The molecule has 0 radical (unpaired) electrons. The standard InChI is InChI=1S/C18H29N3O2/c1-3-5-8-15(4-2)13-20-17(22)10-11-18(23)21-14-16-9-6-7-12-19-16/h6-7,9,12,15H,3-5,8,10-11,13-14H2,1-2H3,(H,20,22)(H,21,23). The van der Waals surface area contributed by atoms with E-state index in [1.54, 1.807) is 6.20 Å². The molecule has 0 fully saturated rings. The van der Waals surface area contributed by atoms with E-state index in [1.165, 1.54) is 12.8 Å². The molecule has 0 aromatic carbocycles. The molecule has 1 aromatic heterocycles. The highest BCUT2D eigenvalue weighted by Gasteiger charge is 2.10. The van der Waals surface area contributed by atoms with E-state index in [2.05, 4.69) is 29.5 Å². The van der Waals surface area contributed by atoms with Gasteiger partial charge in [0, 0.05) is 25.6 Å². The summed E-state index contributed by atoms with van der Waals surface area (Å²) in [5.74, 6) is 0.369. The number of nitrogens with zero attached hydrogens (tertiary/aromatic N) is 1. The molecular formula is C18H29N3O2. The number of hydrogen-bond acceptors (Lipinski definition) is 3. The van der Waals surface area contributed by atoms with Crippen LogP contribution < -0.4 is 10.6 Å². The van der Waals surface area contributed by atoms with Crippen molar-refractivity contribution in [2.75, 3.05) is 6.54 Å². The summed E-state index contributed by atoms with van der Waals surface area (Å²) in [6, 6.07) is 5.57. The van der Waals surface area contributed by atoms with Crippen LogP contribution in [0.1, 0.15) is 58.1 Å². The molecule has 0 aliphatic carbocycles. The minimum absolute atomic E-state index is 0.0482. The van der Waals surface area contributed by atoms with E-state index in [0.717, 1.165) is 18.5 Å². The molecule has 0 aliphatic rings. The Bertz CT molecular complexity index is 463. The number of carbonyl (C=O) groups is 2. The topological polar surface area (TPSA) is 71.1 Å². The summed E-state index contributed by atoms with van der Waals surface area (Å²) in [4.78, 5) is 27.7. The fourth-order valence-corrected chi connectivity index (χ4v) is 2.30. The van der Waals surface area contributed by atoms with Gasteiger partial charge in [0.1, 0.15) is 0 Å². The van der Waals surface area contributed by atoms with E-state index >= 15 is 0 Å². The second kappa shape index (κ2) is 11.6. The molecule has 1 aromatic rings. The molecule has 0 saturated heterocycles. The van der Waals surface area contributed by atoms with Crippen LogP contribution in [0.2, 0.25) is 0 Å². The molecule has 2 amide bonds. The summed E-state index contributed by atoms with van der Waals surface area (Å²) in [5, 5.41) is 5.72. The van der Waals surface area contributed by atoms with Gasteiger partial charge < -0.3 is 10.6 Å². The molecule has 0 bridgehead atoms. The van der Waals surface area contributed by atoms with E-state index in [4.69, 9.17) is 0 Å². The highest BCUT2D eigenvalue weighted by atomic mass is 16.2. The Kier molecular flexibility index (Phi) is 9.68.